The molecule has 4 rings (SSSR count). The van der Waals surface area contributed by atoms with Crippen molar-refractivity contribution in [2.45, 2.75) is 18.5 Å². The molecule has 31 heavy (non-hydrogen) atoms. The van der Waals surface area contributed by atoms with E-state index in [1.807, 2.05) is 0 Å². The summed E-state index contributed by atoms with van der Waals surface area (Å²) >= 11 is 0. The van der Waals surface area contributed by atoms with Gasteiger partial charge in [-0.15, -0.1) is 0 Å². The Bertz CT molecular complexity index is 1160. The number of fused-ring (bicyclic) bond motifs is 1. The lowest BCUT2D eigenvalue weighted by Crippen LogP contribution is -2.48. The molecule has 1 aliphatic rings. The summed E-state index contributed by atoms with van der Waals surface area (Å²) in [7, 11) is -1.08. The molecule has 3 aromatic rings. The lowest BCUT2D eigenvalue weighted by atomic mass is 10.1. The molecule has 0 bridgehead atoms. The van der Waals surface area contributed by atoms with E-state index in [1.54, 1.807) is 19.3 Å². The highest BCUT2D eigenvalue weighted by molar-refractivity contribution is 8.24. The number of hydrogen-bond donors (Lipinski definition) is 6. The molecule has 0 spiro atoms. The van der Waals surface area contributed by atoms with Crippen LogP contribution >= 0.6 is 10.6 Å². The number of anilines is 2. The Labute approximate surface area is 178 Å². The van der Waals surface area contributed by atoms with Crippen molar-refractivity contribution in [2.24, 2.45) is 18.5 Å². The monoisotopic (exact) mass is 449 g/mol. The number of hydrogen-bond acceptors (Lipinski definition) is 9. The molecule has 3 aromatic heterocycles. The Morgan fingerprint density at radius 1 is 1.35 bits per heavy atom. The SMILES string of the molecule is Cn1cc(NC(=O)c2cnn3ccc(N[C@H]4CS(O)(O)CC[C@H]4N)nc23)c(C(N)=O)n1. The van der Waals surface area contributed by atoms with Crippen molar-refractivity contribution in [3.05, 3.63) is 35.9 Å². The second-order valence-corrected chi connectivity index (χ2v) is 9.74. The van der Waals surface area contributed by atoms with Crippen molar-refractivity contribution in [3.63, 3.8) is 0 Å². The van der Waals surface area contributed by atoms with Gasteiger partial charge in [-0.2, -0.15) is 20.8 Å². The molecule has 166 valence electrons. The summed E-state index contributed by atoms with van der Waals surface area (Å²) in [5.41, 5.74) is 12.0. The number of carbonyl (C=O) groups is 2. The van der Waals surface area contributed by atoms with Gasteiger partial charge in [0.1, 0.15) is 11.4 Å². The van der Waals surface area contributed by atoms with Crippen LogP contribution in [0.4, 0.5) is 11.5 Å². The molecular weight excluding hydrogens is 426 g/mol. The van der Waals surface area contributed by atoms with E-state index < -0.39 is 22.4 Å². The molecule has 14 heteroatoms. The fourth-order valence-corrected chi connectivity index (χ4v) is 5.14. The van der Waals surface area contributed by atoms with E-state index in [0.717, 1.165) is 0 Å². The zero-order valence-electron chi connectivity index (χ0n) is 16.6. The summed E-state index contributed by atoms with van der Waals surface area (Å²) in [5.74, 6) is -0.481. The normalized spacial score (nSPS) is 21.5. The number of nitrogens with two attached hydrogens (primary N) is 2. The maximum Gasteiger partial charge on any atom is 0.271 e. The highest BCUT2D eigenvalue weighted by Gasteiger charge is 2.31. The topological polar surface area (TPSA) is 199 Å². The molecule has 2 atom stereocenters. The number of amides is 2. The number of nitrogens with one attached hydrogen (secondary N) is 2. The molecule has 0 radical (unpaired) electrons. The molecule has 13 nitrogen and oxygen atoms in total. The van der Waals surface area contributed by atoms with Gasteiger partial charge in [-0.25, -0.2) is 9.50 Å². The molecule has 0 unspecified atom stereocenters. The third kappa shape index (κ3) is 4.32. The molecule has 1 fully saturated rings. The van der Waals surface area contributed by atoms with E-state index >= 15 is 0 Å². The van der Waals surface area contributed by atoms with Crippen LogP contribution in [0.15, 0.2) is 24.7 Å². The van der Waals surface area contributed by atoms with Gasteiger partial charge in [-0.05, 0) is 12.5 Å². The minimum Gasteiger partial charge on any atom is -0.364 e. The van der Waals surface area contributed by atoms with Crippen molar-refractivity contribution < 1.29 is 18.7 Å². The first-order chi connectivity index (χ1) is 14.6. The number of nitrogens with zero attached hydrogens (tertiary/aromatic N) is 5. The lowest BCUT2D eigenvalue weighted by Gasteiger charge is -2.43. The predicted octanol–water partition coefficient (Wildman–Crippen LogP) is 0.0761. The van der Waals surface area contributed by atoms with E-state index in [4.69, 9.17) is 11.5 Å². The fourth-order valence-electron chi connectivity index (χ4n) is 3.42. The first kappa shape index (κ1) is 21.0. The van der Waals surface area contributed by atoms with Crippen molar-refractivity contribution in [3.8, 4) is 0 Å². The van der Waals surface area contributed by atoms with Gasteiger partial charge in [0.05, 0.1) is 23.7 Å². The number of aromatic nitrogens is 5. The van der Waals surface area contributed by atoms with E-state index in [0.29, 0.717) is 12.2 Å². The van der Waals surface area contributed by atoms with Crippen LogP contribution in [0.1, 0.15) is 27.3 Å². The number of aryl methyl sites for hydroxylation is 1. The van der Waals surface area contributed by atoms with Crippen LogP contribution in [-0.2, 0) is 7.05 Å². The zero-order chi connectivity index (χ0) is 22.3. The summed E-state index contributed by atoms with van der Waals surface area (Å²) < 4.78 is 22.8. The summed E-state index contributed by atoms with van der Waals surface area (Å²) in [6.07, 6.45) is 4.92. The Hall–Kier alpha value is -3.20. The molecule has 8 N–H and O–H groups in total. The number of primary amides is 1. The summed E-state index contributed by atoms with van der Waals surface area (Å²) in [6, 6.07) is 1.02. The van der Waals surface area contributed by atoms with Gasteiger partial charge < -0.3 is 22.1 Å². The van der Waals surface area contributed by atoms with E-state index in [-0.39, 0.29) is 46.2 Å². The van der Waals surface area contributed by atoms with Crippen LogP contribution in [-0.4, -0.2) is 68.9 Å². The maximum atomic E-state index is 12.8. The standard InChI is InChI=1S/C17H23N9O4S/c1-25-7-11(14(24-25)15(19)27)22-17(28)9-6-20-26-4-2-13(23-16(9)26)21-12-8-31(29,30)5-3-10(12)18/h2,4,6-7,10,12,29-30H,3,5,8,18H2,1H3,(H2,19,27)(H,21,23)(H,22,28)/t10-,12+/m1/s1. The summed E-state index contributed by atoms with van der Waals surface area (Å²) in [6.45, 7) is 0. The average molecular weight is 449 g/mol. The van der Waals surface area contributed by atoms with E-state index in [9.17, 15) is 18.7 Å². The Morgan fingerprint density at radius 2 is 2.13 bits per heavy atom. The van der Waals surface area contributed by atoms with Crippen molar-refractivity contribution >= 4 is 39.6 Å². The Balaban J connectivity index is 1.58. The molecule has 1 saturated heterocycles. The van der Waals surface area contributed by atoms with Crippen LogP contribution in [0, 0.1) is 0 Å². The van der Waals surface area contributed by atoms with Gasteiger partial charge in [0.2, 0.25) is 0 Å². The highest BCUT2D eigenvalue weighted by atomic mass is 32.3. The van der Waals surface area contributed by atoms with Crippen molar-refractivity contribution in [1.82, 2.24) is 24.4 Å². The van der Waals surface area contributed by atoms with E-state index in [2.05, 4.69) is 25.8 Å². The molecule has 0 aliphatic carbocycles. The van der Waals surface area contributed by atoms with Crippen LogP contribution in [0.2, 0.25) is 0 Å². The Morgan fingerprint density at radius 3 is 2.87 bits per heavy atom. The smallest absolute Gasteiger partial charge is 0.271 e. The average Bonchev–Trinajstić information content (AvgIpc) is 3.27. The minimum absolute atomic E-state index is 0.0621. The lowest BCUT2D eigenvalue weighted by molar-refractivity contribution is 0.0995. The summed E-state index contributed by atoms with van der Waals surface area (Å²) in [4.78, 5) is 28.8. The molecule has 0 aromatic carbocycles. The molecule has 2 amide bonds. The molecule has 0 saturated carbocycles. The quantitative estimate of drug-likeness (QED) is 0.312. The molecule has 1 aliphatic heterocycles. The molecular formula is C17H23N9O4S. The first-order valence-corrected chi connectivity index (χ1v) is 11.3. The van der Waals surface area contributed by atoms with Gasteiger partial charge in [0.15, 0.2) is 11.3 Å². The second kappa shape index (κ2) is 7.81. The minimum atomic E-state index is -2.68. The van der Waals surface area contributed by atoms with Gasteiger partial charge in [-0.1, -0.05) is 0 Å². The van der Waals surface area contributed by atoms with E-state index in [1.165, 1.54) is 21.6 Å². The van der Waals surface area contributed by atoms with Crippen molar-refractivity contribution in [1.29, 1.82) is 0 Å². The third-order valence-electron chi connectivity index (χ3n) is 5.00. The largest absolute Gasteiger partial charge is 0.364 e. The second-order valence-electron chi connectivity index (χ2n) is 7.40. The fraction of sp³-hybridized carbons (Fsp3) is 0.353. The van der Waals surface area contributed by atoms with Crippen LogP contribution in [0.3, 0.4) is 0 Å². The van der Waals surface area contributed by atoms with Gasteiger partial charge >= 0.3 is 0 Å². The predicted molar refractivity (Wildman–Crippen MR) is 115 cm³/mol. The van der Waals surface area contributed by atoms with Gasteiger partial charge in [0, 0.05) is 31.2 Å². The third-order valence-corrected chi connectivity index (χ3v) is 6.78. The first-order valence-electron chi connectivity index (χ1n) is 9.38. The maximum absolute atomic E-state index is 12.8. The zero-order valence-corrected chi connectivity index (χ0v) is 17.4. The number of rotatable bonds is 5. The van der Waals surface area contributed by atoms with Crippen LogP contribution < -0.4 is 22.1 Å². The Kier molecular flexibility index (Phi) is 5.30. The highest BCUT2D eigenvalue weighted by Crippen LogP contribution is 2.44. The van der Waals surface area contributed by atoms with Crippen LogP contribution in [0.25, 0.3) is 5.65 Å². The number of carbonyl (C=O) groups excluding carboxylic acids is 2. The molecule has 4 heterocycles. The van der Waals surface area contributed by atoms with Crippen LogP contribution in [0.5, 0.6) is 0 Å². The summed E-state index contributed by atoms with van der Waals surface area (Å²) in [5, 5.41) is 13.8. The van der Waals surface area contributed by atoms with Crippen molar-refractivity contribution in [2.75, 3.05) is 22.1 Å². The van der Waals surface area contributed by atoms with Gasteiger partial charge in [-0.3, -0.25) is 23.4 Å². The van der Waals surface area contributed by atoms with Gasteiger partial charge in [0.25, 0.3) is 11.8 Å².